The fraction of sp³-hybridized carbons (Fsp3) is 0.333. The van der Waals surface area contributed by atoms with Crippen LogP contribution in [0.15, 0.2) is 42.5 Å². The van der Waals surface area contributed by atoms with Crippen LogP contribution in [0.3, 0.4) is 0 Å². The summed E-state index contributed by atoms with van der Waals surface area (Å²) in [5, 5.41) is 13.2. The van der Waals surface area contributed by atoms with Crippen molar-refractivity contribution >= 4 is 5.69 Å². The summed E-state index contributed by atoms with van der Waals surface area (Å²) in [6, 6.07) is 12.8. The van der Waals surface area contributed by atoms with Crippen molar-refractivity contribution in [3.8, 4) is 0 Å². The molecule has 2 nitrogen and oxygen atoms in total. The van der Waals surface area contributed by atoms with Crippen molar-refractivity contribution < 1.29 is 9.50 Å². The van der Waals surface area contributed by atoms with Crippen LogP contribution in [0.25, 0.3) is 0 Å². The van der Waals surface area contributed by atoms with Crippen molar-refractivity contribution in [3.05, 3.63) is 65.0 Å². The summed E-state index contributed by atoms with van der Waals surface area (Å²) < 4.78 is 13.7. The summed E-state index contributed by atoms with van der Waals surface area (Å²) in [6.45, 7) is 6.39. The Labute approximate surface area is 125 Å². The van der Waals surface area contributed by atoms with Crippen LogP contribution in [0.4, 0.5) is 10.1 Å². The van der Waals surface area contributed by atoms with Crippen LogP contribution in [-0.4, -0.2) is 11.7 Å². The standard InChI is InChI=1S/C18H22FNO/c1-12(2)14-7-9-15(10-8-14)17(21)11-20-18-13(3)5-4-6-16(18)19/h4-10,12,17,20-21H,11H2,1-3H3. The number of hydrogen-bond acceptors (Lipinski definition) is 2. The van der Waals surface area contributed by atoms with Gasteiger partial charge in [0.1, 0.15) is 5.82 Å². The van der Waals surface area contributed by atoms with E-state index in [0.29, 0.717) is 11.6 Å². The normalized spacial score (nSPS) is 12.5. The number of aliphatic hydroxyl groups is 1. The van der Waals surface area contributed by atoms with Crippen LogP contribution in [0, 0.1) is 12.7 Å². The predicted octanol–water partition coefficient (Wildman–Crippen LogP) is 4.40. The van der Waals surface area contributed by atoms with E-state index in [1.165, 1.54) is 11.6 Å². The molecule has 0 fully saturated rings. The Morgan fingerprint density at radius 1 is 1.05 bits per heavy atom. The molecule has 0 aromatic heterocycles. The molecule has 112 valence electrons. The van der Waals surface area contributed by atoms with Gasteiger partial charge >= 0.3 is 0 Å². The van der Waals surface area contributed by atoms with Gasteiger partial charge in [-0.05, 0) is 35.6 Å². The van der Waals surface area contributed by atoms with Crippen molar-refractivity contribution in [3.63, 3.8) is 0 Å². The lowest BCUT2D eigenvalue weighted by atomic mass is 10.00. The zero-order chi connectivity index (χ0) is 15.4. The zero-order valence-corrected chi connectivity index (χ0v) is 12.7. The highest BCUT2D eigenvalue weighted by Crippen LogP contribution is 2.22. The lowest BCUT2D eigenvalue weighted by Gasteiger charge is -2.16. The van der Waals surface area contributed by atoms with Crippen molar-refractivity contribution in [2.24, 2.45) is 0 Å². The lowest BCUT2D eigenvalue weighted by molar-refractivity contribution is 0.191. The summed E-state index contributed by atoms with van der Waals surface area (Å²) in [4.78, 5) is 0. The van der Waals surface area contributed by atoms with Gasteiger partial charge in [-0.2, -0.15) is 0 Å². The van der Waals surface area contributed by atoms with Crippen molar-refractivity contribution in [2.75, 3.05) is 11.9 Å². The smallest absolute Gasteiger partial charge is 0.146 e. The molecule has 2 rings (SSSR count). The number of para-hydroxylation sites is 1. The molecule has 0 spiro atoms. The van der Waals surface area contributed by atoms with E-state index in [4.69, 9.17) is 0 Å². The van der Waals surface area contributed by atoms with Gasteiger partial charge in [0.25, 0.3) is 0 Å². The predicted molar refractivity (Wildman–Crippen MR) is 85.1 cm³/mol. The molecule has 2 aromatic carbocycles. The lowest BCUT2D eigenvalue weighted by Crippen LogP contribution is -2.13. The highest BCUT2D eigenvalue weighted by atomic mass is 19.1. The first-order valence-electron chi connectivity index (χ1n) is 7.26. The molecule has 0 aliphatic carbocycles. The first-order valence-corrected chi connectivity index (χ1v) is 7.26. The maximum absolute atomic E-state index is 13.7. The van der Waals surface area contributed by atoms with Gasteiger partial charge in [0.15, 0.2) is 0 Å². The van der Waals surface area contributed by atoms with E-state index in [0.717, 1.165) is 11.1 Å². The second-order valence-electron chi connectivity index (χ2n) is 5.65. The highest BCUT2D eigenvalue weighted by molar-refractivity contribution is 5.51. The van der Waals surface area contributed by atoms with E-state index in [2.05, 4.69) is 19.2 Å². The van der Waals surface area contributed by atoms with Gasteiger partial charge in [0, 0.05) is 6.54 Å². The Kier molecular flexibility index (Phi) is 4.97. The quantitative estimate of drug-likeness (QED) is 0.854. The number of hydrogen-bond donors (Lipinski definition) is 2. The van der Waals surface area contributed by atoms with Gasteiger partial charge < -0.3 is 10.4 Å². The molecule has 0 aliphatic rings. The zero-order valence-electron chi connectivity index (χ0n) is 12.7. The van der Waals surface area contributed by atoms with E-state index >= 15 is 0 Å². The second-order valence-corrected chi connectivity index (χ2v) is 5.65. The average molecular weight is 287 g/mol. The molecule has 21 heavy (non-hydrogen) atoms. The number of aryl methyl sites for hydroxylation is 1. The number of halogens is 1. The molecule has 0 aliphatic heterocycles. The van der Waals surface area contributed by atoms with Crippen molar-refractivity contribution in [2.45, 2.75) is 32.8 Å². The topological polar surface area (TPSA) is 32.3 Å². The molecule has 1 unspecified atom stereocenters. The van der Waals surface area contributed by atoms with E-state index in [1.807, 2.05) is 37.3 Å². The third-order valence-corrected chi connectivity index (χ3v) is 3.68. The van der Waals surface area contributed by atoms with Crippen LogP contribution in [0.1, 0.15) is 42.6 Å². The maximum Gasteiger partial charge on any atom is 0.146 e. The van der Waals surface area contributed by atoms with E-state index in [-0.39, 0.29) is 12.4 Å². The minimum Gasteiger partial charge on any atom is -0.387 e. The Bertz CT molecular complexity index is 572. The molecule has 0 radical (unpaired) electrons. The van der Waals surface area contributed by atoms with Crippen LogP contribution >= 0.6 is 0 Å². The van der Waals surface area contributed by atoms with Crippen LogP contribution < -0.4 is 5.32 Å². The van der Waals surface area contributed by atoms with Gasteiger partial charge in [-0.1, -0.05) is 50.2 Å². The van der Waals surface area contributed by atoms with Crippen LogP contribution in [0.5, 0.6) is 0 Å². The summed E-state index contributed by atoms with van der Waals surface area (Å²) >= 11 is 0. The van der Waals surface area contributed by atoms with E-state index in [1.54, 1.807) is 6.07 Å². The van der Waals surface area contributed by atoms with Gasteiger partial charge in [0.2, 0.25) is 0 Å². The molecule has 0 saturated heterocycles. The number of aliphatic hydroxyl groups excluding tert-OH is 1. The monoisotopic (exact) mass is 287 g/mol. The molecule has 0 bridgehead atoms. The summed E-state index contributed by atoms with van der Waals surface area (Å²) in [6.07, 6.45) is -0.662. The largest absolute Gasteiger partial charge is 0.387 e. The highest BCUT2D eigenvalue weighted by Gasteiger charge is 2.10. The van der Waals surface area contributed by atoms with Gasteiger partial charge in [-0.25, -0.2) is 4.39 Å². The molecule has 3 heteroatoms. The Morgan fingerprint density at radius 2 is 1.67 bits per heavy atom. The summed E-state index contributed by atoms with van der Waals surface area (Å²) in [5.41, 5.74) is 3.36. The number of rotatable bonds is 5. The summed E-state index contributed by atoms with van der Waals surface area (Å²) in [5.74, 6) is 0.174. The second kappa shape index (κ2) is 6.72. The SMILES string of the molecule is Cc1cccc(F)c1NCC(O)c1ccc(C(C)C)cc1. The van der Waals surface area contributed by atoms with Gasteiger partial charge in [-0.15, -0.1) is 0 Å². The van der Waals surface area contributed by atoms with E-state index < -0.39 is 6.10 Å². The number of nitrogens with one attached hydrogen (secondary N) is 1. The molecule has 0 amide bonds. The van der Waals surface area contributed by atoms with Gasteiger partial charge in [0.05, 0.1) is 11.8 Å². The van der Waals surface area contributed by atoms with Crippen LogP contribution in [-0.2, 0) is 0 Å². The molecule has 2 N–H and O–H groups in total. The fourth-order valence-electron chi connectivity index (χ4n) is 2.28. The molecular weight excluding hydrogens is 265 g/mol. The molecular formula is C18H22FNO. The van der Waals surface area contributed by atoms with Crippen molar-refractivity contribution in [1.82, 2.24) is 0 Å². The molecule has 1 atom stereocenters. The summed E-state index contributed by atoms with van der Waals surface area (Å²) in [7, 11) is 0. The minimum atomic E-state index is -0.662. The molecule has 2 aromatic rings. The number of anilines is 1. The third-order valence-electron chi connectivity index (χ3n) is 3.68. The molecule has 0 saturated carbocycles. The molecule has 0 heterocycles. The van der Waals surface area contributed by atoms with Crippen molar-refractivity contribution in [1.29, 1.82) is 0 Å². The minimum absolute atomic E-state index is 0.281. The Morgan fingerprint density at radius 3 is 2.24 bits per heavy atom. The van der Waals surface area contributed by atoms with E-state index in [9.17, 15) is 9.50 Å². The van der Waals surface area contributed by atoms with Gasteiger partial charge in [-0.3, -0.25) is 0 Å². The Hall–Kier alpha value is -1.87. The maximum atomic E-state index is 13.7. The first-order chi connectivity index (χ1) is 9.99. The first kappa shape index (κ1) is 15.5. The number of benzene rings is 2. The van der Waals surface area contributed by atoms with Crippen LogP contribution in [0.2, 0.25) is 0 Å². The third kappa shape index (κ3) is 3.82. The Balaban J connectivity index is 2.03. The fourth-order valence-corrected chi connectivity index (χ4v) is 2.28. The average Bonchev–Trinajstić information content (AvgIpc) is 2.46.